The molecule has 3 rings (SSSR count). The van der Waals surface area contributed by atoms with Gasteiger partial charge in [-0.2, -0.15) is 5.10 Å². The van der Waals surface area contributed by atoms with E-state index in [-0.39, 0.29) is 17.6 Å². The first-order valence-corrected chi connectivity index (χ1v) is 10.1. The highest BCUT2D eigenvalue weighted by Gasteiger charge is 2.12. The lowest BCUT2D eigenvalue weighted by Gasteiger charge is -2.07. The van der Waals surface area contributed by atoms with E-state index in [1.54, 1.807) is 18.2 Å². The molecule has 150 valence electrons. The summed E-state index contributed by atoms with van der Waals surface area (Å²) in [5.41, 5.74) is 5.11. The number of nitrogens with one attached hydrogen (secondary N) is 2. The highest BCUT2D eigenvalue weighted by Crippen LogP contribution is 2.20. The Labute approximate surface area is 181 Å². The topological polar surface area (TPSA) is 110 Å². The van der Waals surface area contributed by atoms with Gasteiger partial charge >= 0.3 is 0 Å². The molecule has 0 atom stereocenters. The predicted molar refractivity (Wildman–Crippen MR) is 118 cm³/mol. The van der Waals surface area contributed by atoms with Gasteiger partial charge in [-0.25, -0.2) is 10.1 Å². The van der Waals surface area contributed by atoms with Gasteiger partial charge in [-0.3, -0.25) is 4.79 Å². The number of para-hydroxylation sites is 1. The third-order valence-electron chi connectivity index (χ3n) is 3.75. The number of nitrogens with two attached hydrogens (primary N) is 1. The van der Waals surface area contributed by atoms with Gasteiger partial charge in [0.05, 0.1) is 17.0 Å². The van der Waals surface area contributed by atoms with Crippen LogP contribution in [0.1, 0.15) is 11.1 Å². The number of aromatic nitrogens is 3. The summed E-state index contributed by atoms with van der Waals surface area (Å²) in [5.74, 6) is 6.13. The van der Waals surface area contributed by atoms with Crippen molar-refractivity contribution in [2.45, 2.75) is 12.1 Å². The second-order valence-corrected chi connectivity index (χ2v) is 7.65. The lowest BCUT2D eigenvalue weighted by Crippen LogP contribution is -2.17. The number of benzene rings is 2. The fourth-order valence-corrected chi connectivity index (χ4v) is 3.36. The molecule has 29 heavy (non-hydrogen) atoms. The van der Waals surface area contributed by atoms with E-state index in [2.05, 4.69) is 26.0 Å². The maximum Gasteiger partial charge on any atom is 0.264 e. The Bertz CT molecular complexity index is 1050. The standard InChI is InChI=1S/C18H17Cl2N7OS/c1-11-4-2-3-5-15(11)23-16(28)10-29-18-26-25-17(27(18)21)24-22-9-12-6-7-13(19)8-14(12)20/h2-9H,10,21H2,1H3,(H,23,28)(H,24,25)/b22-9+. The van der Waals surface area contributed by atoms with E-state index in [0.717, 1.165) is 23.0 Å². The number of aryl methyl sites for hydroxylation is 1. The number of rotatable bonds is 7. The van der Waals surface area contributed by atoms with Crippen molar-refractivity contribution in [1.82, 2.24) is 14.9 Å². The normalized spacial score (nSPS) is 11.0. The fourth-order valence-electron chi connectivity index (χ4n) is 2.25. The Kier molecular flexibility index (Phi) is 6.97. The van der Waals surface area contributed by atoms with Crippen LogP contribution in [-0.2, 0) is 4.79 Å². The summed E-state index contributed by atoms with van der Waals surface area (Å²) in [5, 5.41) is 16.1. The van der Waals surface area contributed by atoms with E-state index in [9.17, 15) is 4.79 Å². The Morgan fingerprint density at radius 1 is 1.28 bits per heavy atom. The van der Waals surface area contributed by atoms with Crippen molar-refractivity contribution in [3.05, 3.63) is 63.6 Å². The zero-order valence-electron chi connectivity index (χ0n) is 15.3. The molecule has 0 aliphatic carbocycles. The van der Waals surface area contributed by atoms with Crippen LogP contribution < -0.4 is 16.6 Å². The van der Waals surface area contributed by atoms with Crippen LogP contribution in [0.4, 0.5) is 11.6 Å². The third-order valence-corrected chi connectivity index (χ3v) is 5.25. The van der Waals surface area contributed by atoms with Crippen molar-refractivity contribution < 1.29 is 4.79 Å². The minimum absolute atomic E-state index is 0.132. The van der Waals surface area contributed by atoms with Gasteiger partial charge in [-0.05, 0) is 30.7 Å². The Morgan fingerprint density at radius 2 is 2.07 bits per heavy atom. The zero-order valence-corrected chi connectivity index (χ0v) is 17.6. The van der Waals surface area contributed by atoms with Crippen molar-refractivity contribution in [2.75, 3.05) is 22.3 Å². The summed E-state index contributed by atoms with van der Waals surface area (Å²) in [6, 6.07) is 12.6. The van der Waals surface area contributed by atoms with Gasteiger partial charge in [0.2, 0.25) is 11.1 Å². The van der Waals surface area contributed by atoms with Crippen LogP contribution in [0.3, 0.4) is 0 Å². The number of carbonyl (C=O) groups excluding carboxylic acids is 1. The number of amides is 1. The molecule has 1 heterocycles. The van der Waals surface area contributed by atoms with Gasteiger partial charge in [-0.1, -0.05) is 59.2 Å². The van der Waals surface area contributed by atoms with Crippen LogP contribution in [-0.4, -0.2) is 32.7 Å². The average Bonchev–Trinajstić information content (AvgIpc) is 3.03. The van der Waals surface area contributed by atoms with Crippen molar-refractivity contribution in [3.8, 4) is 0 Å². The van der Waals surface area contributed by atoms with E-state index in [0.29, 0.717) is 20.8 Å². The molecule has 0 aliphatic rings. The number of anilines is 2. The van der Waals surface area contributed by atoms with Crippen molar-refractivity contribution in [1.29, 1.82) is 0 Å². The SMILES string of the molecule is Cc1ccccc1NC(=O)CSc1nnc(N/N=C/c2ccc(Cl)cc2Cl)n1N. The van der Waals surface area contributed by atoms with Gasteiger partial charge in [0.1, 0.15) is 0 Å². The molecule has 0 fully saturated rings. The number of hydrogen-bond donors (Lipinski definition) is 3. The van der Waals surface area contributed by atoms with Crippen LogP contribution in [0, 0.1) is 6.92 Å². The minimum atomic E-state index is -0.169. The predicted octanol–water partition coefficient (Wildman–Crippen LogP) is 3.78. The molecular weight excluding hydrogens is 433 g/mol. The van der Waals surface area contributed by atoms with E-state index in [1.807, 2.05) is 31.2 Å². The second-order valence-electron chi connectivity index (χ2n) is 5.86. The number of thioether (sulfide) groups is 1. The lowest BCUT2D eigenvalue weighted by atomic mass is 10.2. The van der Waals surface area contributed by atoms with Crippen molar-refractivity contribution >= 4 is 58.7 Å². The van der Waals surface area contributed by atoms with Gasteiger partial charge in [0, 0.05) is 16.3 Å². The first-order chi connectivity index (χ1) is 13.9. The molecule has 8 nitrogen and oxygen atoms in total. The molecule has 2 aromatic carbocycles. The third kappa shape index (κ3) is 5.63. The first kappa shape index (κ1) is 21.0. The molecule has 4 N–H and O–H groups in total. The number of hydrogen-bond acceptors (Lipinski definition) is 7. The van der Waals surface area contributed by atoms with E-state index in [1.165, 1.54) is 10.9 Å². The van der Waals surface area contributed by atoms with Crippen molar-refractivity contribution in [2.24, 2.45) is 5.10 Å². The van der Waals surface area contributed by atoms with Crippen LogP contribution in [0.2, 0.25) is 10.0 Å². The van der Waals surface area contributed by atoms with Gasteiger partial charge in [0.15, 0.2) is 0 Å². The van der Waals surface area contributed by atoms with E-state index >= 15 is 0 Å². The number of nitrogen functional groups attached to an aromatic ring is 1. The summed E-state index contributed by atoms with van der Waals surface area (Å²) in [6.45, 7) is 1.93. The van der Waals surface area contributed by atoms with Crippen LogP contribution >= 0.6 is 35.0 Å². The fraction of sp³-hybridized carbons (Fsp3) is 0.111. The molecule has 1 amide bonds. The van der Waals surface area contributed by atoms with E-state index in [4.69, 9.17) is 29.0 Å². The quantitative estimate of drug-likeness (QED) is 0.219. The minimum Gasteiger partial charge on any atom is -0.334 e. The lowest BCUT2D eigenvalue weighted by molar-refractivity contribution is -0.113. The number of carbonyl (C=O) groups is 1. The Morgan fingerprint density at radius 3 is 2.83 bits per heavy atom. The number of halogens is 2. The summed E-state index contributed by atoms with van der Waals surface area (Å²) in [6.07, 6.45) is 1.51. The van der Waals surface area contributed by atoms with Crippen LogP contribution in [0.15, 0.2) is 52.7 Å². The molecular formula is C18H17Cl2N7OS. The molecule has 0 spiro atoms. The molecule has 0 radical (unpaired) electrons. The largest absolute Gasteiger partial charge is 0.334 e. The number of hydrazone groups is 1. The average molecular weight is 450 g/mol. The summed E-state index contributed by atoms with van der Waals surface area (Å²) < 4.78 is 1.21. The molecule has 0 unspecified atom stereocenters. The maximum absolute atomic E-state index is 12.1. The maximum atomic E-state index is 12.1. The van der Waals surface area contributed by atoms with Crippen molar-refractivity contribution in [3.63, 3.8) is 0 Å². The summed E-state index contributed by atoms with van der Waals surface area (Å²) >= 11 is 13.1. The zero-order chi connectivity index (χ0) is 20.8. The first-order valence-electron chi connectivity index (χ1n) is 8.37. The highest BCUT2D eigenvalue weighted by atomic mass is 35.5. The Hall–Kier alpha value is -2.75. The van der Waals surface area contributed by atoms with Gasteiger partial charge < -0.3 is 11.2 Å². The van der Waals surface area contributed by atoms with E-state index < -0.39 is 0 Å². The molecule has 1 aromatic heterocycles. The Balaban J connectivity index is 1.55. The monoisotopic (exact) mass is 449 g/mol. The molecule has 0 saturated carbocycles. The van der Waals surface area contributed by atoms with Crippen LogP contribution in [0.5, 0.6) is 0 Å². The second kappa shape index (κ2) is 9.64. The van der Waals surface area contributed by atoms with Crippen LogP contribution in [0.25, 0.3) is 0 Å². The van der Waals surface area contributed by atoms with Gasteiger partial charge in [0.25, 0.3) is 5.95 Å². The highest BCUT2D eigenvalue weighted by molar-refractivity contribution is 7.99. The number of nitrogens with zero attached hydrogens (tertiary/aromatic N) is 4. The molecule has 3 aromatic rings. The molecule has 0 aliphatic heterocycles. The molecule has 0 saturated heterocycles. The summed E-state index contributed by atoms with van der Waals surface area (Å²) in [4.78, 5) is 12.1. The molecule has 11 heteroatoms. The van der Waals surface area contributed by atoms with Gasteiger partial charge in [-0.15, -0.1) is 10.2 Å². The smallest absolute Gasteiger partial charge is 0.264 e. The summed E-state index contributed by atoms with van der Waals surface area (Å²) in [7, 11) is 0. The molecule has 0 bridgehead atoms.